The first kappa shape index (κ1) is 9.42. The molecular formula is C11H8N6. The van der Waals surface area contributed by atoms with Crippen LogP contribution < -0.4 is 5.73 Å². The molecule has 0 spiro atoms. The fraction of sp³-hybridized carbons (Fsp3) is 0. The average Bonchev–Trinajstić information content (AvgIpc) is 2.94. The molecule has 0 aliphatic rings. The molecule has 0 unspecified atom stereocenters. The Morgan fingerprint density at radius 1 is 1.41 bits per heavy atom. The van der Waals surface area contributed by atoms with Crippen LogP contribution in [0.2, 0.25) is 0 Å². The largest absolute Gasteiger partial charge is 0.397 e. The Hall–Kier alpha value is -2.81. The lowest BCUT2D eigenvalue weighted by atomic mass is 10.1. The quantitative estimate of drug-likeness (QED) is 0.648. The van der Waals surface area contributed by atoms with Crippen molar-refractivity contribution in [1.29, 1.82) is 5.26 Å². The summed E-state index contributed by atoms with van der Waals surface area (Å²) in [6.45, 7) is 0. The lowest BCUT2D eigenvalue weighted by Gasteiger charge is -2.03. The molecule has 6 nitrogen and oxygen atoms in total. The summed E-state index contributed by atoms with van der Waals surface area (Å²) >= 11 is 0. The molecule has 3 heterocycles. The van der Waals surface area contributed by atoms with Crippen molar-refractivity contribution in [1.82, 2.24) is 19.8 Å². The highest BCUT2D eigenvalue weighted by atomic mass is 15.2. The molecule has 82 valence electrons. The van der Waals surface area contributed by atoms with Crippen molar-refractivity contribution in [3.8, 4) is 17.2 Å². The normalized spacial score (nSPS) is 10.5. The maximum absolute atomic E-state index is 9.12. The molecule has 3 N–H and O–H groups in total. The number of nitriles is 1. The fourth-order valence-electron chi connectivity index (χ4n) is 1.85. The molecule has 0 fully saturated rings. The third kappa shape index (κ3) is 1.33. The third-order valence-electron chi connectivity index (χ3n) is 2.57. The van der Waals surface area contributed by atoms with Gasteiger partial charge in [-0.3, -0.25) is 5.10 Å². The number of nitrogen functional groups attached to an aromatic ring is 1. The molecule has 0 amide bonds. The van der Waals surface area contributed by atoms with E-state index < -0.39 is 0 Å². The minimum absolute atomic E-state index is 0.497. The second-order valence-corrected chi connectivity index (χ2v) is 3.64. The van der Waals surface area contributed by atoms with E-state index in [2.05, 4.69) is 21.4 Å². The number of nitrogens with one attached hydrogen (secondary N) is 1. The predicted octanol–water partition coefficient (Wildman–Crippen LogP) is 1.18. The first-order valence-electron chi connectivity index (χ1n) is 4.95. The number of hydrogen-bond donors (Lipinski definition) is 2. The molecule has 0 saturated heterocycles. The van der Waals surface area contributed by atoms with E-state index in [1.54, 1.807) is 29.2 Å². The highest BCUT2D eigenvalue weighted by Gasteiger charge is 2.12. The van der Waals surface area contributed by atoms with Crippen molar-refractivity contribution >= 4 is 11.2 Å². The van der Waals surface area contributed by atoms with Crippen molar-refractivity contribution in [2.45, 2.75) is 0 Å². The highest BCUT2D eigenvalue weighted by molar-refractivity contribution is 5.85. The van der Waals surface area contributed by atoms with Gasteiger partial charge in [-0.1, -0.05) is 0 Å². The number of nitrogens with two attached hydrogens (primary N) is 1. The van der Waals surface area contributed by atoms with E-state index in [-0.39, 0.29) is 0 Å². The van der Waals surface area contributed by atoms with Gasteiger partial charge in [-0.2, -0.15) is 15.5 Å². The number of fused-ring (bicyclic) bond motifs is 1. The number of anilines is 1. The molecule has 3 aromatic heterocycles. The molecule has 3 aromatic rings. The zero-order chi connectivity index (χ0) is 11.8. The van der Waals surface area contributed by atoms with Gasteiger partial charge in [0.05, 0.1) is 35.4 Å². The standard InChI is InChI=1S/C11H8N6/c12-2-7-5-16-17-6-9(13)1-10(17)11(7)8-3-14-15-4-8/h1,3-6H,13H2,(H,14,15). The molecule has 0 bridgehead atoms. The number of nitrogens with zero attached hydrogens (tertiary/aromatic N) is 4. The monoisotopic (exact) mass is 224 g/mol. The van der Waals surface area contributed by atoms with E-state index in [1.165, 1.54) is 6.20 Å². The van der Waals surface area contributed by atoms with Gasteiger partial charge < -0.3 is 5.73 Å². The molecule has 3 rings (SSSR count). The smallest absolute Gasteiger partial charge is 0.102 e. The molecule has 0 saturated carbocycles. The first-order valence-corrected chi connectivity index (χ1v) is 4.95. The van der Waals surface area contributed by atoms with E-state index >= 15 is 0 Å². The molecule has 0 aliphatic heterocycles. The molecule has 17 heavy (non-hydrogen) atoms. The number of aromatic amines is 1. The van der Waals surface area contributed by atoms with Gasteiger partial charge in [-0.15, -0.1) is 0 Å². The lowest BCUT2D eigenvalue weighted by Crippen LogP contribution is -1.94. The van der Waals surface area contributed by atoms with Crippen molar-refractivity contribution in [3.63, 3.8) is 0 Å². The summed E-state index contributed by atoms with van der Waals surface area (Å²) in [6.07, 6.45) is 6.63. The highest BCUT2D eigenvalue weighted by Crippen LogP contribution is 2.28. The number of aromatic nitrogens is 4. The zero-order valence-electron chi connectivity index (χ0n) is 8.75. The van der Waals surface area contributed by atoms with E-state index in [4.69, 9.17) is 11.0 Å². The summed E-state index contributed by atoms with van der Waals surface area (Å²) in [5, 5.41) is 19.9. The summed E-state index contributed by atoms with van der Waals surface area (Å²) in [6, 6.07) is 3.91. The van der Waals surface area contributed by atoms with Crippen LogP contribution in [0.4, 0.5) is 5.69 Å². The van der Waals surface area contributed by atoms with Crippen LogP contribution in [0.15, 0.2) is 30.9 Å². The van der Waals surface area contributed by atoms with Gasteiger partial charge in [0.1, 0.15) is 6.07 Å². The Morgan fingerprint density at radius 2 is 2.29 bits per heavy atom. The summed E-state index contributed by atoms with van der Waals surface area (Å²) in [5.74, 6) is 0. The van der Waals surface area contributed by atoms with E-state index in [0.29, 0.717) is 11.3 Å². The SMILES string of the molecule is N#Cc1cnn2cc(N)cc2c1-c1cn[nH]c1. The van der Waals surface area contributed by atoms with E-state index in [0.717, 1.165) is 16.6 Å². The average molecular weight is 224 g/mol. The van der Waals surface area contributed by atoms with Gasteiger partial charge in [0, 0.05) is 17.3 Å². The Balaban J connectivity index is 2.44. The van der Waals surface area contributed by atoms with Crippen molar-refractivity contribution in [2.75, 3.05) is 5.73 Å². The van der Waals surface area contributed by atoms with E-state index in [1.807, 2.05) is 0 Å². The number of H-pyrrole nitrogens is 1. The van der Waals surface area contributed by atoms with Crippen LogP contribution in [0, 0.1) is 11.3 Å². The molecular weight excluding hydrogens is 216 g/mol. The van der Waals surface area contributed by atoms with Crippen molar-refractivity contribution in [2.24, 2.45) is 0 Å². The van der Waals surface area contributed by atoms with Crippen LogP contribution in [-0.2, 0) is 0 Å². The summed E-state index contributed by atoms with van der Waals surface area (Å²) < 4.78 is 1.65. The fourth-order valence-corrected chi connectivity index (χ4v) is 1.85. The second-order valence-electron chi connectivity index (χ2n) is 3.64. The van der Waals surface area contributed by atoms with Gasteiger partial charge in [0.15, 0.2) is 0 Å². The molecule has 0 atom stereocenters. The Bertz CT molecular complexity index is 716. The molecule has 0 radical (unpaired) electrons. The Morgan fingerprint density at radius 3 is 3.00 bits per heavy atom. The third-order valence-corrected chi connectivity index (χ3v) is 2.57. The van der Waals surface area contributed by atoms with Gasteiger partial charge >= 0.3 is 0 Å². The molecule has 0 aliphatic carbocycles. The first-order chi connectivity index (χ1) is 8.29. The van der Waals surface area contributed by atoms with Crippen LogP contribution in [0.3, 0.4) is 0 Å². The lowest BCUT2D eigenvalue weighted by molar-refractivity contribution is 0.940. The summed E-state index contributed by atoms with van der Waals surface area (Å²) in [4.78, 5) is 0. The minimum atomic E-state index is 0.497. The van der Waals surface area contributed by atoms with Crippen LogP contribution in [0.5, 0.6) is 0 Å². The Kier molecular flexibility index (Phi) is 1.86. The summed E-state index contributed by atoms with van der Waals surface area (Å²) in [5.41, 5.74) is 9.26. The molecule has 6 heteroatoms. The van der Waals surface area contributed by atoms with Gasteiger partial charge in [-0.05, 0) is 6.07 Å². The van der Waals surface area contributed by atoms with Crippen LogP contribution in [0.1, 0.15) is 5.56 Å². The maximum atomic E-state index is 9.12. The number of rotatable bonds is 1. The van der Waals surface area contributed by atoms with Crippen molar-refractivity contribution in [3.05, 3.63) is 36.4 Å². The van der Waals surface area contributed by atoms with Gasteiger partial charge in [-0.25, -0.2) is 4.52 Å². The van der Waals surface area contributed by atoms with Gasteiger partial charge in [0.25, 0.3) is 0 Å². The van der Waals surface area contributed by atoms with Crippen LogP contribution in [-0.4, -0.2) is 19.8 Å². The maximum Gasteiger partial charge on any atom is 0.102 e. The number of hydrogen-bond acceptors (Lipinski definition) is 4. The molecule has 0 aromatic carbocycles. The summed E-state index contributed by atoms with van der Waals surface area (Å²) in [7, 11) is 0. The van der Waals surface area contributed by atoms with Crippen molar-refractivity contribution < 1.29 is 0 Å². The topological polar surface area (TPSA) is 95.8 Å². The van der Waals surface area contributed by atoms with E-state index in [9.17, 15) is 0 Å². The second kappa shape index (κ2) is 3.35. The van der Waals surface area contributed by atoms with Crippen LogP contribution in [0.25, 0.3) is 16.6 Å². The Labute approximate surface area is 96.3 Å². The van der Waals surface area contributed by atoms with Gasteiger partial charge in [0.2, 0.25) is 0 Å². The zero-order valence-corrected chi connectivity index (χ0v) is 8.75. The van der Waals surface area contributed by atoms with Crippen LogP contribution >= 0.6 is 0 Å². The minimum Gasteiger partial charge on any atom is -0.397 e. The predicted molar refractivity (Wildman–Crippen MR) is 61.9 cm³/mol.